The average Bonchev–Trinajstić information content (AvgIpc) is 2.33. The number of fused-ring (bicyclic) bond motifs is 1. The van der Waals surface area contributed by atoms with Crippen LogP contribution in [0.15, 0.2) is 41.8 Å². The van der Waals surface area contributed by atoms with Gasteiger partial charge in [0.1, 0.15) is 11.5 Å². The van der Waals surface area contributed by atoms with Gasteiger partial charge >= 0.3 is 0 Å². The van der Waals surface area contributed by atoms with E-state index in [-0.39, 0.29) is 11.5 Å². The number of hydrogen-bond acceptors (Lipinski definition) is 3. The maximum absolute atomic E-state index is 9.92. The molecular weight excluding hydrogens is 232 g/mol. The summed E-state index contributed by atoms with van der Waals surface area (Å²) < 4.78 is 0. The Morgan fingerprint density at radius 3 is 2.76 bits per heavy atom. The molecule has 0 atom stereocenters. The van der Waals surface area contributed by atoms with Crippen LogP contribution in [0.3, 0.4) is 0 Å². The molecule has 0 radical (unpaired) electrons. The van der Waals surface area contributed by atoms with Crippen LogP contribution in [-0.2, 0) is 0 Å². The lowest BCUT2D eigenvalue weighted by Crippen LogP contribution is -1.82. The fourth-order valence-corrected chi connectivity index (χ4v) is 2.38. The molecule has 0 aliphatic heterocycles. The summed E-state index contributed by atoms with van der Waals surface area (Å²) in [7, 11) is 0. The van der Waals surface area contributed by atoms with Crippen LogP contribution in [0.25, 0.3) is 10.8 Å². The van der Waals surface area contributed by atoms with Gasteiger partial charge in [-0.15, -0.1) is 18.3 Å². The van der Waals surface area contributed by atoms with Crippen molar-refractivity contribution in [3.8, 4) is 11.5 Å². The highest BCUT2D eigenvalue weighted by Gasteiger charge is 2.08. The average molecular weight is 246 g/mol. The van der Waals surface area contributed by atoms with Crippen molar-refractivity contribution in [2.75, 3.05) is 5.75 Å². The summed E-state index contributed by atoms with van der Waals surface area (Å²) in [6.45, 7) is 5.38. The molecule has 2 N–H and O–H groups in total. The van der Waals surface area contributed by atoms with E-state index in [9.17, 15) is 10.2 Å². The van der Waals surface area contributed by atoms with Crippen molar-refractivity contribution in [2.45, 2.75) is 11.8 Å². The van der Waals surface area contributed by atoms with Gasteiger partial charge < -0.3 is 10.2 Å². The first kappa shape index (κ1) is 11.9. The van der Waals surface area contributed by atoms with Gasteiger partial charge in [0.25, 0.3) is 0 Å². The molecule has 2 rings (SSSR count). The lowest BCUT2D eigenvalue weighted by molar-refractivity contribution is 0.448. The second-order valence-corrected chi connectivity index (χ2v) is 4.95. The normalized spacial score (nSPS) is 10.6. The van der Waals surface area contributed by atoms with Crippen molar-refractivity contribution in [1.29, 1.82) is 0 Å². The van der Waals surface area contributed by atoms with E-state index in [0.29, 0.717) is 5.56 Å². The molecule has 0 unspecified atom stereocenters. The standard InChI is InChI=1S/C14H14O2S/c1-3-6-17-11-4-5-12-10(7-11)8-13(15)9(2)14(12)16/h3-5,7-8,15-16H,1,6H2,2H3. The van der Waals surface area contributed by atoms with Crippen LogP contribution >= 0.6 is 11.8 Å². The Hall–Kier alpha value is -1.61. The van der Waals surface area contributed by atoms with Crippen LogP contribution in [0.5, 0.6) is 11.5 Å². The summed E-state index contributed by atoms with van der Waals surface area (Å²) in [5.41, 5.74) is 0.518. The molecule has 0 aliphatic carbocycles. The predicted octanol–water partition coefficient (Wildman–Crippen LogP) is 3.84. The molecule has 0 amide bonds. The quantitative estimate of drug-likeness (QED) is 0.638. The third-order valence-electron chi connectivity index (χ3n) is 2.68. The smallest absolute Gasteiger partial charge is 0.129 e. The molecule has 17 heavy (non-hydrogen) atoms. The van der Waals surface area contributed by atoms with Gasteiger partial charge in [-0.1, -0.05) is 6.08 Å². The first-order chi connectivity index (χ1) is 8.13. The molecule has 3 heteroatoms. The van der Waals surface area contributed by atoms with Gasteiger partial charge in [0.15, 0.2) is 0 Å². The van der Waals surface area contributed by atoms with Gasteiger partial charge in [-0.2, -0.15) is 0 Å². The molecule has 88 valence electrons. The summed E-state index contributed by atoms with van der Waals surface area (Å²) in [6.07, 6.45) is 1.85. The third-order valence-corrected chi connectivity index (χ3v) is 3.67. The Labute approximate surface area is 105 Å². The second-order valence-electron chi connectivity index (χ2n) is 3.85. The highest BCUT2D eigenvalue weighted by Crippen LogP contribution is 2.36. The van der Waals surface area contributed by atoms with Gasteiger partial charge in [0.2, 0.25) is 0 Å². The number of aromatic hydroxyl groups is 2. The van der Waals surface area contributed by atoms with E-state index in [4.69, 9.17) is 0 Å². The van der Waals surface area contributed by atoms with E-state index < -0.39 is 0 Å². The molecule has 0 saturated heterocycles. The molecule has 0 saturated carbocycles. The van der Waals surface area contributed by atoms with Crippen molar-refractivity contribution < 1.29 is 10.2 Å². The van der Waals surface area contributed by atoms with E-state index in [1.807, 2.05) is 24.3 Å². The molecular formula is C14H14O2S. The van der Waals surface area contributed by atoms with Gasteiger partial charge in [0.05, 0.1) is 0 Å². The Morgan fingerprint density at radius 2 is 2.06 bits per heavy atom. The highest BCUT2D eigenvalue weighted by atomic mass is 32.2. The zero-order valence-corrected chi connectivity index (χ0v) is 10.4. The maximum Gasteiger partial charge on any atom is 0.129 e. The van der Waals surface area contributed by atoms with Crippen LogP contribution in [-0.4, -0.2) is 16.0 Å². The molecule has 2 aromatic carbocycles. The molecule has 0 aromatic heterocycles. The van der Waals surface area contributed by atoms with E-state index in [1.54, 1.807) is 24.8 Å². The first-order valence-corrected chi connectivity index (χ1v) is 6.31. The maximum atomic E-state index is 9.92. The minimum Gasteiger partial charge on any atom is -0.508 e. The second kappa shape index (κ2) is 4.72. The van der Waals surface area contributed by atoms with E-state index in [2.05, 4.69) is 6.58 Å². The van der Waals surface area contributed by atoms with Crippen LogP contribution in [0, 0.1) is 6.92 Å². The fourth-order valence-electron chi connectivity index (χ4n) is 1.70. The van der Waals surface area contributed by atoms with Gasteiger partial charge in [-0.05, 0) is 36.6 Å². The zero-order valence-electron chi connectivity index (χ0n) is 9.60. The van der Waals surface area contributed by atoms with Crippen molar-refractivity contribution >= 4 is 22.5 Å². The number of phenols is 2. The Morgan fingerprint density at radius 1 is 1.29 bits per heavy atom. The fraction of sp³-hybridized carbons (Fsp3) is 0.143. The molecule has 0 spiro atoms. The SMILES string of the molecule is C=CCSc1ccc2c(O)c(C)c(O)cc2c1. The summed E-state index contributed by atoms with van der Waals surface area (Å²) in [5, 5.41) is 21.2. The van der Waals surface area contributed by atoms with E-state index >= 15 is 0 Å². The molecule has 0 heterocycles. The highest BCUT2D eigenvalue weighted by molar-refractivity contribution is 7.99. The topological polar surface area (TPSA) is 40.5 Å². The van der Waals surface area contributed by atoms with Gasteiger partial charge in [-0.25, -0.2) is 0 Å². The van der Waals surface area contributed by atoms with Gasteiger partial charge in [-0.3, -0.25) is 0 Å². The van der Waals surface area contributed by atoms with Gasteiger partial charge in [0, 0.05) is 21.6 Å². The van der Waals surface area contributed by atoms with E-state index in [0.717, 1.165) is 21.4 Å². The molecule has 2 nitrogen and oxygen atoms in total. The minimum absolute atomic E-state index is 0.126. The predicted molar refractivity (Wildman–Crippen MR) is 72.9 cm³/mol. The van der Waals surface area contributed by atoms with Crippen molar-refractivity contribution in [3.63, 3.8) is 0 Å². The number of rotatable bonds is 3. The summed E-state index contributed by atoms with van der Waals surface area (Å²) in [6, 6.07) is 7.49. The molecule has 0 fully saturated rings. The minimum atomic E-state index is 0.126. The molecule has 0 bridgehead atoms. The Balaban J connectivity index is 2.54. The van der Waals surface area contributed by atoms with Crippen LogP contribution in [0.1, 0.15) is 5.56 Å². The van der Waals surface area contributed by atoms with Crippen LogP contribution in [0.2, 0.25) is 0 Å². The lowest BCUT2D eigenvalue weighted by atomic mass is 10.1. The summed E-state index contributed by atoms with van der Waals surface area (Å²) in [5.74, 6) is 1.12. The Kier molecular flexibility index (Phi) is 3.29. The number of phenolic OH excluding ortho intramolecular Hbond substituents is 2. The number of hydrogen-bond donors (Lipinski definition) is 2. The lowest BCUT2D eigenvalue weighted by Gasteiger charge is -2.08. The van der Waals surface area contributed by atoms with Crippen molar-refractivity contribution in [1.82, 2.24) is 0 Å². The number of thioether (sulfide) groups is 1. The number of benzene rings is 2. The summed E-state index contributed by atoms with van der Waals surface area (Å²) in [4.78, 5) is 1.10. The van der Waals surface area contributed by atoms with Crippen LogP contribution < -0.4 is 0 Å². The first-order valence-electron chi connectivity index (χ1n) is 5.32. The van der Waals surface area contributed by atoms with Crippen molar-refractivity contribution in [2.24, 2.45) is 0 Å². The van der Waals surface area contributed by atoms with Crippen molar-refractivity contribution in [3.05, 3.63) is 42.5 Å². The largest absolute Gasteiger partial charge is 0.508 e. The third kappa shape index (κ3) is 2.24. The monoisotopic (exact) mass is 246 g/mol. The molecule has 0 aliphatic rings. The zero-order chi connectivity index (χ0) is 12.4. The Bertz CT molecular complexity index is 576. The molecule has 2 aromatic rings. The van der Waals surface area contributed by atoms with E-state index in [1.165, 1.54) is 0 Å². The van der Waals surface area contributed by atoms with Crippen LogP contribution in [0.4, 0.5) is 0 Å². The summed E-state index contributed by atoms with van der Waals surface area (Å²) >= 11 is 1.67.